The highest BCUT2D eigenvalue weighted by Gasteiger charge is 2.40. The predicted molar refractivity (Wildman–Crippen MR) is 71.8 cm³/mol. The minimum absolute atomic E-state index is 0.155. The average molecular weight is 294 g/mol. The van der Waals surface area contributed by atoms with Crippen molar-refractivity contribution in [3.05, 3.63) is 0 Å². The third kappa shape index (κ3) is 6.80. The van der Waals surface area contributed by atoms with Crippen molar-refractivity contribution in [2.75, 3.05) is 33.0 Å². The molecular formula is C12H26O6Si. The molecule has 7 heteroatoms. The Morgan fingerprint density at radius 2 is 1.68 bits per heavy atom. The number of ether oxygens (including phenoxy) is 2. The van der Waals surface area contributed by atoms with E-state index >= 15 is 0 Å². The number of aliphatic hydroxyl groups is 1. The van der Waals surface area contributed by atoms with E-state index in [1.165, 1.54) is 0 Å². The molecule has 1 aliphatic rings. The number of hydrogen-bond acceptors (Lipinski definition) is 6. The van der Waals surface area contributed by atoms with Crippen molar-refractivity contribution in [3.8, 4) is 0 Å². The molecule has 0 aromatic carbocycles. The third-order valence-corrected chi connectivity index (χ3v) is 5.75. The lowest BCUT2D eigenvalue weighted by molar-refractivity contribution is -0.106. The molecule has 0 spiro atoms. The third-order valence-electron chi connectivity index (χ3n) is 2.67. The van der Waals surface area contributed by atoms with Gasteiger partial charge in [-0.15, -0.1) is 0 Å². The van der Waals surface area contributed by atoms with Crippen molar-refractivity contribution in [1.29, 1.82) is 0 Å². The summed E-state index contributed by atoms with van der Waals surface area (Å²) in [7, 11) is -2.67. The molecule has 0 aliphatic carbocycles. The van der Waals surface area contributed by atoms with Gasteiger partial charge in [0.1, 0.15) is 6.10 Å². The number of rotatable bonds is 12. The highest BCUT2D eigenvalue weighted by molar-refractivity contribution is 6.60. The molecule has 0 aromatic heterocycles. The Morgan fingerprint density at radius 3 is 2.11 bits per heavy atom. The molecule has 0 bridgehead atoms. The maximum Gasteiger partial charge on any atom is 0.501 e. The van der Waals surface area contributed by atoms with Gasteiger partial charge in [-0.1, -0.05) is 0 Å². The summed E-state index contributed by atoms with van der Waals surface area (Å²) in [6.45, 7) is 8.53. The minimum atomic E-state index is -2.67. The van der Waals surface area contributed by atoms with E-state index in [4.69, 9.17) is 22.8 Å². The molecule has 1 fully saturated rings. The fraction of sp³-hybridized carbons (Fsp3) is 1.00. The molecule has 1 heterocycles. The zero-order valence-electron chi connectivity index (χ0n) is 12.1. The van der Waals surface area contributed by atoms with Crippen LogP contribution in [0.2, 0.25) is 6.04 Å². The van der Waals surface area contributed by atoms with Gasteiger partial charge in [-0.05, 0) is 20.8 Å². The standard InChI is InChI=1S/C12H26O6Si/c1-4-16-19(17-5-2,18-6-3)8-7-12(13)15-10-11-9-14-11/h11-13H,4-10H2,1-3H3. The van der Waals surface area contributed by atoms with Gasteiger partial charge in [-0.3, -0.25) is 0 Å². The normalized spacial score (nSPS) is 20.5. The Kier molecular flexibility index (Phi) is 8.08. The first-order valence-electron chi connectivity index (χ1n) is 6.98. The van der Waals surface area contributed by atoms with Crippen molar-refractivity contribution < 1.29 is 27.9 Å². The number of hydrogen-bond donors (Lipinski definition) is 1. The Labute approximate surface area is 116 Å². The maximum atomic E-state index is 9.77. The van der Waals surface area contributed by atoms with Gasteiger partial charge in [-0.2, -0.15) is 0 Å². The molecule has 0 saturated carbocycles. The summed E-state index contributed by atoms with van der Waals surface area (Å²) in [4.78, 5) is 0. The van der Waals surface area contributed by atoms with Crippen LogP contribution in [0.1, 0.15) is 27.2 Å². The van der Waals surface area contributed by atoms with Crippen LogP contribution in [0.15, 0.2) is 0 Å². The molecule has 0 aromatic rings. The van der Waals surface area contributed by atoms with Crippen LogP contribution in [0.5, 0.6) is 0 Å². The van der Waals surface area contributed by atoms with Crippen LogP contribution in [0, 0.1) is 0 Å². The first kappa shape index (κ1) is 17.0. The van der Waals surface area contributed by atoms with Gasteiger partial charge in [-0.25, -0.2) is 0 Å². The highest BCUT2D eigenvalue weighted by atomic mass is 28.4. The second-order valence-electron chi connectivity index (χ2n) is 4.26. The van der Waals surface area contributed by atoms with Crippen molar-refractivity contribution in [1.82, 2.24) is 0 Å². The largest absolute Gasteiger partial charge is 0.501 e. The lowest BCUT2D eigenvalue weighted by Gasteiger charge is -2.29. The highest BCUT2D eigenvalue weighted by Crippen LogP contribution is 2.20. The monoisotopic (exact) mass is 294 g/mol. The molecule has 19 heavy (non-hydrogen) atoms. The molecule has 0 amide bonds. The van der Waals surface area contributed by atoms with Crippen molar-refractivity contribution in [3.63, 3.8) is 0 Å². The minimum Gasteiger partial charge on any atom is -0.374 e. The van der Waals surface area contributed by atoms with Crippen molar-refractivity contribution in [2.24, 2.45) is 0 Å². The van der Waals surface area contributed by atoms with Crippen LogP contribution in [0.3, 0.4) is 0 Å². The van der Waals surface area contributed by atoms with E-state index in [2.05, 4.69) is 0 Å². The van der Waals surface area contributed by atoms with Gasteiger partial charge >= 0.3 is 8.80 Å². The summed E-state index contributed by atoms with van der Waals surface area (Å²) in [5, 5.41) is 9.77. The maximum absolute atomic E-state index is 9.77. The van der Waals surface area contributed by atoms with Gasteiger partial charge in [0, 0.05) is 32.3 Å². The molecule has 6 nitrogen and oxygen atoms in total. The van der Waals surface area contributed by atoms with E-state index in [0.29, 0.717) is 38.9 Å². The van der Waals surface area contributed by atoms with E-state index in [1.807, 2.05) is 20.8 Å². The first-order valence-corrected chi connectivity index (χ1v) is 8.92. The fourth-order valence-electron chi connectivity index (χ4n) is 1.77. The van der Waals surface area contributed by atoms with Gasteiger partial charge < -0.3 is 27.9 Å². The number of aliphatic hydroxyl groups excluding tert-OH is 1. The SMILES string of the molecule is CCO[Si](CCC(O)OCC1CO1)(OCC)OCC. The van der Waals surface area contributed by atoms with Gasteiger partial charge in [0.25, 0.3) is 0 Å². The Balaban J connectivity index is 2.35. The zero-order chi connectivity index (χ0) is 14.1. The van der Waals surface area contributed by atoms with Crippen LogP contribution in [-0.4, -0.2) is 59.3 Å². The lowest BCUT2D eigenvalue weighted by atomic mass is 10.4. The van der Waals surface area contributed by atoms with Crippen LogP contribution < -0.4 is 0 Å². The van der Waals surface area contributed by atoms with Gasteiger partial charge in [0.15, 0.2) is 6.29 Å². The molecule has 1 rings (SSSR count). The summed E-state index contributed by atoms with van der Waals surface area (Å²) in [5.74, 6) is 0. The molecular weight excluding hydrogens is 268 g/mol. The van der Waals surface area contributed by atoms with Crippen molar-refractivity contribution in [2.45, 2.75) is 45.6 Å². The van der Waals surface area contributed by atoms with Crippen LogP contribution in [0.25, 0.3) is 0 Å². The summed E-state index contributed by atoms with van der Waals surface area (Å²) < 4.78 is 27.4. The Morgan fingerprint density at radius 1 is 1.16 bits per heavy atom. The topological polar surface area (TPSA) is 69.7 Å². The van der Waals surface area contributed by atoms with Crippen LogP contribution in [0.4, 0.5) is 0 Å². The molecule has 0 radical (unpaired) electrons. The first-order chi connectivity index (χ1) is 9.15. The molecule has 1 N–H and O–H groups in total. The summed E-state index contributed by atoms with van der Waals surface area (Å²) in [6, 6.07) is 0.551. The van der Waals surface area contributed by atoms with Crippen LogP contribution >= 0.6 is 0 Å². The number of epoxide rings is 1. The molecule has 114 valence electrons. The molecule has 2 unspecified atom stereocenters. The van der Waals surface area contributed by atoms with Gasteiger partial charge in [0.2, 0.25) is 0 Å². The van der Waals surface area contributed by atoms with E-state index in [1.54, 1.807) is 0 Å². The quantitative estimate of drug-likeness (QED) is 0.331. The van der Waals surface area contributed by atoms with E-state index in [-0.39, 0.29) is 6.10 Å². The summed E-state index contributed by atoms with van der Waals surface area (Å²) in [5.41, 5.74) is 0. The second-order valence-corrected chi connectivity index (χ2v) is 7.00. The Hall–Kier alpha value is -0.0231. The van der Waals surface area contributed by atoms with E-state index < -0.39 is 15.1 Å². The lowest BCUT2D eigenvalue weighted by Crippen LogP contribution is -2.46. The molecule has 2 atom stereocenters. The van der Waals surface area contributed by atoms with E-state index in [0.717, 1.165) is 6.61 Å². The smallest absolute Gasteiger partial charge is 0.374 e. The Bertz CT molecular complexity index is 219. The summed E-state index contributed by atoms with van der Waals surface area (Å²) in [6.07, 6.45) is -0.223. The van der Waals surface area contributed by atoms with E-state index in [9.17, 15) is 5.11 Å². The average Bonchev–Trinajstić information content (AvgIpc) is 3.19. The van der Waals surface area contributed by atoms with Crippen molar-refractivity contribution >= 4 is 8.80 Å². The molecule has 1 saturated heterocycles. The summed E-state index contributed by atoms with van der Waals surface area (Å²) >= 11 is 0. The predicted octanol–water partition coefficient (Wildman–Crippen LogP) is 1.16. The van der Waals surface area contributed by atoms with Gasteiger partial charge in [0.05, 0.1) is 13.2 Å². The zero-order valence-corrected chi connectivity index (χ0v) is 13.1. The molecule has 1 aliphatic heterocycles. The second kappa shape index (κ2) is 9.01. The van der Waals surface area contributed by atoms with Crippen LogP contribution in [-0.2, 0) is 22.8 Å². The fourth-order valence-corrected chi connectivity index (χ4v) is 4.37.